The van der Waals surface area contributed by atoms with Gasteiger partial charge in [0.15, 0.2) is 5.60 Å². The molecule has 2 aromatic heterocycles. The Bertz CT molecular complexity index is 2210. The van der Waals surface area contributed by atoms with E-state index in [0.29, 0.717) is 61.1 Å². The van der Waals surface area contributed by atoms with Crippen molar-refractivity contribution in [3.8, 4) is 11.4 Å². The van der Waals surface area contributed by atoms with Crippen LogP contribution in [0.5, 0.6) is 5.75 Å². The van der Waals surface area contributed by atoms with E-state index in [-0.39, 0.29) is 48.0 Å². The molecule has 1 amide bonds. The van der Waals surface area contributed by atoms with Crippen LogP contribution in [0.25, 0.3) is 16.6 Å². The van der Waals surface area contributed by atoms with E-state index in [0.717, 1.165) is 17.0 Å². The summed E-state index contributed by atoms with van der Waals surface area (Å²) in [4.78, 5) is 42.6. The summed E-state index contributed by atoms with van der Waals surface area (Å²) in [5.41, 5.74) is 1.98. The first-order valence-electron chi connectivity index (χ1n) is 18.6. The fourth-order valence-corrected chi connectivity index (χ4v) is 12.8. The minimum atomic E-state index is -2.42. The number of para-hydroxylation sites is 1. The lowest BCUT2D eigenvalue weighted by molar-refractivity contribution is -0.146. The van der Waals surface area contributed by atoms with Crippen LogP contribution in [-0.4, -0.2) is 83.3 Å². The minimum absolute atomic E-state index is 0.0122. The number of carbonyl (C=O) groups is 2. The number of nitrogens with one attached hydrogen (secondary N) is 1. The highest BCUT2D eigenvalue weighted by Gasteiger charge is 2.66. The number of aromatic amines is 1. The predicted molar refractivity (Wildman–Crippen MR) is 207 cm³/mol. The van der Waals surface area contributed by atoms with Crippen LogP contribution in [0.4, 0.5) is 5.69 Å². The summed E-state index contributed by atoms with van der Waals surface area (Å²) in [7, 11) is 0.613. The Balaban J connectivity index is 1.33. The van der Waals surface area contributed by atoms with Crippen molar-refractivity contribution in [3.63, 3.8) is 0 Å². The van der Waals surface area contributed by atoms with E-state index in [9.17, 15) is 14.7 Å². The average molecular weight is 753 g/mol. The molecule has 0 radical (unpaired) electrons. The van der Waals surface area contributed by atoms with Gasteiger partial charge in [-0.1, -0.05) is 54.7 Å². The van der Waals surface area contributed by atoms with Crippen LogP contribution in [0.15, 0.2) is 77.7 Å². The number of hydrogen-bond donors (Lipinski definition) is 2. The van der Waals surface area contributed by atoms with E-state index in [4.69, 9.17) is 14.2 Å². The molecule has 3 aromatic carbocycles. The summed E-state index contributed by atoms with van der Waals surface area (Å²) in [6, 6.07) is 21.4. The van der Waals surface area contributed by atoms with Crippen molar-refractivity contribution < 1.29 is 28.9 Å². The highest BCUT2D eigenvalue weighted by molar-refractivity contribution is 6.91. The molecule has 1 fully saturated rings. The fourth-order valence-electron chi connectivity index (χ4n) is 8.75. The first-order valence-corrected chi connectivity index (χ1v) is 21.7. The van der Waals surface area contributed by atoms with Gasteiger partial charge in [0.2, 0.25) is 0 Å². The number of benzene rings is 3. The van der Waals surface area contributed by atoms with E-state index in [1.807, 2.05) is 54.7 Å². The molecule has 5 aromatic rings. The van der Waals surface area contributed by atoms with Crippen molar-refractivity contribution in [1.82, 2.24) is 24.8 Å². The maximum Gasteiger partial charge on any atom is 0.305 e. The Kier molecular flexibility index (Phi) is 10.3. The summed E-state index contributed by atoms with van der Waals surface area (Å²) in [5, 5.41) is 23.0. The smallest absolute Gasteiger partial charge is 0.305 e. The number of aromatic nitrogens is 5. The Morgan fingerprint density at radius 1 is 1.04 bits per heavy atom. The van der Waals surface area contributed by atoms with Gasteiger partial charge in [-0.2, -0.15) is 0 Å². The van der Waals surface area contributed by atoms with Crippen LogP contribution in [0.1, 0.15) is 43.9 Å². The van der Waals surface area contributed by atoms with Crippen LogP contribution < -0.4 is 20.4 Å². The number of nitrogens with zero attached hydrogens (tertiary/aromatic N) is 5. The SMILES string of the molecule is COC(=O)CCCCN1C(=O)[C@]2(O[C@H](CCn3cc(CCO)nn3)[C@@H]([Si](C)(C)c3ccc(OC)cc3)[C@@H]2C)c2cc(-n3[nH]c4ccccc4c3=O)ccc21. The molecule has 2 aliphatic heterocycles. The molecule has 4 heterocycles. The Morgan fingerprint density at radius 2 is 1.81 bits per heavy atom. The van der Waals surface area contributed by atoms with Crippen molar-refractivity contribution in [1.29, 1.82) is 0 Å². The topological polar surface area (TPSA) is 154 Å². The van der Waals surface area contributed by atoms with E-state index in [2.05, 4.69) is 47.6 Å². The van der Waals surface area contributed by atoms with Gasteiger partial charge in [0, 0.05) is 50.2 Å². The van der Waals surface area contributed by atoms with Crippen LogP contribution in [0.2, 0.25) is 18.6 Å². The zero-order valence-corrected chi connectivity index (χ0v) is 32.4. The molecule has 1 saturated heterocycles. The number of amides is 1. The molecule has 2 aliphatic rings. The number of H-pyrrole nitrogens is 1. The first kappa shape index (κ1) is 37.3. The average Bonchev–Trinajstić information content (AvgIpc) is 3.92. The molecule has 2 N–H and O–H groups in total. The van der Waals surface area contributed by atoms with Gasteiger partial charge < -0.3 is 24.2 Å². The summed E-state index contributed by atoms with van der Waals surface area (Å²) in [6.07, 6.45) is 3.94. The largest absolute Gasteiger partial charge is 0.497 e. The number of unbranched alkanes of at least 4 members (excludes halogenated alkanes) is 1. The molecule has 0 unspecified atom stereocenters. The molecule has 4 atom stereocenters. The van der Waals surface area contributed by atoms with Gasteiger partial charge in [-0.05, 0) is 67.3 Å². The third-order valence-electron chi connectivity index (χ3n) is 11.5. The number of rotatable bonds is 14. The van der Waals surface area contributed by atoms with Gasteiger partial charge in [-0.25, -0.2) is 4.68 Å². The van der Waals surface area contributed by atoms with E-state index in [1.54, 1.807) is 22.8 Å². The third kappa shape index (κ3) is 6.45. The van der Waals surface area contributed by atoms with Gasteiger partial charge in [0.05, 0.1) is 56.4 Å². The molecule has 54 heavy (non-hydrogen) atoms. The lowest BCUT2D eigenvalue weighted by atomic mass is 9.82. The fraction of sp³-hybridized carbons (Fsp3) is 0.425. The number of aliphatic hydroxyl groups is 1. The second-order valence-corrected chi connectivity index (χ2v) is 19.6. The van der Waals surface area contributed by atoms with Crippen molar-refractivity contribution in [2.45, 2.75) is 75.9 Å². The minimum Gasteiger partial charge on any atom is -0.497 e. The standard InChI is InChI=1S/C40H48N6O7Si/c1-26-37(54(4,5)30-16-14-29(51-2)15-17-30)35(19-22-44-25-27(20-23-47)41-43-44)53-40(26)32-24-28(46-38(49)31-10-6-7-11-33(31)42-46)13-18-34(32)45(39(40)50)21-9-8-12-36(48)52-3/h6-7,10-11,13-18,24-26,35,37,42,47H,8-9,12,19-23H2,1-5H3/t26-,35+,37-,40+/m0/s1. The zero-order valence-electron chi connectivity index (χ0n) is 31.4. The molecule has 14 heteroatoms. The van der Waals surface area contributed by atoms with Gasteiger partial charge in [0.1, 0.15) is 5.75 Å². The van der Waals surface area contributed by atoms with Gasteiger partial charge in [0.25, 0.3) is 11.5 Å². The molecule has 7 rings (SSSR count). The van der Waals surface area contributed by atoms with E-state index >= 15 is 4.79 Å². The Morgan fingerprint density at radius 3 is 2.54 bits per heavy atom. The zero-order chi connectivity index (χ0) is 38.2. The lowest BCUT2D eigenvalue weighted by Gasteiger charge is -2.37. The second kappa shape index (κ2) is 15.0. The highest BCUT2D eigenvalue weighted by atomic mass is 28.3. The Hall–Kier alpha value is -5.05. The number of hydrogen-bond acceptors (Lipinski definition) is 9. The molecule has 13 nitrogen and oxygen atoms in total. The molecular weight excluding hydrogens is 705 g/mol. The number of methoxy groups -OCH3 is 2. The number of aryl methyl sites for hydroxylation is 1. The first-order chi connectivity index (χ1) is 26.0. The van der Waals surface area contributed by atoms with Gasteiger partial charge in [-0.3, -0.25) is 24.2 Å². The highest BCUT2D eigenvalue weighted by Crippen LogP contribution is 2.60. The molecule has 0 bridgehead atoms. The summed E-state index contributed by atoms with van der Waals surface area (Å²) in [5.74, 6) is 0.0999. The molecular formula is C40H48N6O7Si. The lowest BCUT2D eigenvalue weighted by Crippen LogP contribution is -2.52. The van der Waals surface area contributed by atoms with Crippen molar-refractivity contribution in [2.24, 2.45) is 5.92 Å². The van der Waals surface area contributed by atoms with Crippen LogP contribution >= 0.6 is 0 Å². The van der Waals surface area contributed by atoms with Crippen LogP contribution in [-0.2, 0) is 37.6 Å². The second-order valence-electron chi connectivity index (χ2n) is 14.9. The van der Waals surface area contributed by atoms with E-state index < -0.39 is 13.7 Å². The molecule has 0 saturated carbocycles. The maximum atomic E-state index is 15.2. The monoisotopic (exact) mass is 752 g/mol. The van der Waals surface area contributed by atoms with E-state index in [1.165, 1.54) is 17.0 Å². The quantitative estimate of drug-likeness (QED) is 0.0952. The normalized spacial score (nSPS) is 21.0. The number of carbonyl (C=O) groups excluding carboxylic acids is 2. The van der Waals surface area contributed by atoms with Crippen molar-refractivity contribution >= 4 is 41.7 Å². The molecule has 0 aliphatic carbocycles. The maximum absolute atomic E-state index is 15.2. The van der Waals surface area contributed by atoms with Crippen molar-refractivity contribution in [3.05, 3.63) is 94.5 Å². The third-order valence-corrected chi connectivity index (χ3v) is 15.9. The van der Waals surface area contributed by atoms with Crippen molar-refractivity contribution in [2.75, 3.05) is 32.3 Å². The summed E-state index contributed by atoms with van der Waals surface area (Å²) >= 11 is 0. The van der Waals surface area contributed by atoms with Crippen LogP contribution in [0.3, 0.4) is 0 Å². The van der Waals surface area contributed by atoms with Gasteiger partial charge in [-0.15, -0.1) is 5.10 Å². The summed E-state index contributed by atoms with van der Waals surface area (Å²) in [6.45, 7) is 7.71. The molecule has 284 valence electrons. The van der Waals surface area contributed by atoms with Gasteiger partial charge >= 0.3 is 5.97 Å². The number of ether oxygens (including phenoxy) is 3. The summed E-state index contributed by atoms with van der Waals surface area (Å²) < 4.78 is 21.0. The number of fused-ring (bicyclic) bond motifs is 3. The number of aliphatic hydroxyl groups excluding tert-OH is 1. The predicted octanol–water partition coefficient (Wildman–Crippen LogP) is 4.45. The van der Waals surface area contributed by atoms with Crippen LogP contribution in [0, 0.1) is 5.92 Å². The number of anilines is 1. The number of esters is 1. The Labute approximate surface area is 314 Å². The molecule has 1 spiro atoms.